The molecule has 0 saturated heterocycles. The molecule has 0 bridgehead atoms. The molecule has 13 heteroatoms. The summed E-state index contributed by atoms with van der Waals surface area (Å²) in [5, 5.41) is 13.8. The number of phosphoric acid groups is 2. The van der Waals surface area contributed by atoms with E-state index in [2.05, 4.69) is 14.2 Å². The molecule has 29 heavy (non-hydrogen) atoms. The third-order valence-corrected chi connectivity index (χ3v) is 5.61. The molecule has 0 aliphatic heterocycles. The molecule has 1 aromatic rings. The van der Waals surface area contributed by atoms with Gasteiger partial charge in [0.2, 0.25) is 0 Å². The van der Waals surface area contributed by atoms with Crippen LogP contribution < -0.4 is 20.0 Å². The molecule has 1 N–H and O–H groups in total. The van der Waals surface area contributed by atoms with Crippen molar-refractivity contribution in [2.45, 2.75) is 26.7 Å². The Hall–Kier alpha value is -1.84. The Morgan fingerprint density at radius 1 is 1.10 bits per heavy atom. The highest BCUT2D eigenvalue weighted by Gasteiger charge is 2.10. The largest absolute Gasteiger partial charge is 0.790 e. The number of hydrogen-bond donors (Lipinski definition) is 1. The Bertz CT molecular complexity index is 846. The molecule has 0 aliphatic carbocycles. The summed E-state index contributed by atoms with van der Waals surface area (Å²) in [5.74, 6) is 0. The first-order chi connectivity index (χ1) is 13.4. The van der Waals surface area contributed by atoms with Crippen molar-refractivity contribution < 1.29 is 37.6 Å². The van der Waals surface area contributed by atoms with Crippen LogP contribution in [0.4, 0.5) is 11.4 Å². The summed E-state index contributed by atoms with van der Waals surface area (Å²) in [6.45, 7) is 3.75. The Morgan fingerprint density at radius 2 is 1.72 bits per heavy atom. The molecule has 162 valence electrons. The maximum absolute atomic E-state index is 11.1. The summed E-state index contributed by atoms with van der Waals surface area (Å²) < 4.78 is 29.0. The van der Waals surface area contributed by atoms with Gasteiger partial charge in [-0.25, -0.2) is 0 Å². The first-order valence-corrected chi connectivity index (χ1v) is 11.3. The van der Waals surface area contributed by atoms with Gasteiger partial charge in [-0.15, -0.1) is 0 Å². The summed E-state index contributed by atoms with van der Waals surface area (Å²) in [7, 11) is -10.9. The number of phosphoric ester groups is 1. The predicted octanol–water partition coefficient (Wildman–Crippen LogP) is 2.01. The van der Waals surface area contributed by atoms with Crippen LogP contribution in [-0.2, 0) is 18.0 Å². The van der Waals surface area contributed by atoms with Gasteiger partial charge in [0.05, 0.1) is 19.4 Å². The average Bonchev–Trinajstić information content (AvgIpc) is 2.58. The number of nitrogens with zero attached hydrogens (tertiary/aromatic N) is 1. The van der Waals surface area contributed by atoms with Gasteiger partial charge in [0.15, 0.2) is 0 Å². The minimum Gasteiger partial charge on any atom is -0.790 e. The maximum atomic E-state index is 11.1. The lowest BCUT2D eigenvalue weighted by Gasteiger charge is -2.34. The number of anilines is 1. The molecule has 0 radical (unpaired) electrons. The molecule has 1 aromatic carbocycles. The van der Waals surface area contributed by atoms with Crippen molar-refractivity contribution in [2.75, 3.05) is 18.5 Å². The number of hydrogen-bond acceptors (Lipinski definition) is 10. The second-order valence-electron chi connectivity index (χ2n) is 6.07. The van der Waals surface area contributed by atoms with Crippen molar-refractivity contribution in [2.24, 2.45) is 0 Å². The van der Waals surface area contributed by atoms with E-state index in [9.17, 15) is 33.9 Å². The van der Waals surface area contributed by atoms with Crippen LogP contribution in [0.15, 0.2) is 47.6 Å². The van der Waals surface area contributed by atoms with Gasteiger partial charge in [-0.2, -0.15) is 0 Å². The van der Waals surface area contributed by atoms with E-state index in [1.54, 1.807) is 19.1 Å². The van der Waals surface area contributed by atoms with Crippen LogP contribution in [0.5, 0.6) is 0 Å². The van der Waals surface area contributed by atoms with Crippen LogP contribution in [-0.4, -0.2) is 18.1 Å². The van der Waals surface area contributed by atoms with Crippen molar-refractivity contribution in [1.29, 1.82) is 0 Å². The standard InChI is InChI=1S/C16H24N2O9P2/c1-13(10-11-26-29(24,25)27-28(21,22)23)4-3-5-14(2)12-17-15-6-8-16(9-7-15)18(19)20/h5-10,17H,3-4,11-12H2,1-2H3,(H,24,25)(H2,21,22,23)/p-3/b13-10+,14-5+. The lowest BCUT2D eigenvalue weighted by Crippen LogP contribution is -2.19. The van der Waals surface area contributed by atoms with E-state index in [1.807, 2.05) is 13.0 Å². The van der Waals surface area contributed by atoms with E-state index in [4.69, 9.17) is 0 Å². The molecule has 0 fully saturated rings. The van der Waals surface area contributed by atoms with Crippen molar-refractivity contribution in [3.05, 3.63) is 57.7 Å². The first kappa shape index (κ1) is 25.2. The smallest absolute Gasteiger partial charge is 0.272 e. The van der Waals surface area contributed by atoms with Crippen LogP contribution in [0.1, 0.15) is 26.7 Å². The summed E-state index contributed by atoms with van der Waals surface area (Å²) >= 11 is 0. The highest BCUT2D eigenvalue weighted by molar-refractivity contribution is 7.58. The third-order valence-electron chi connectivity index (χ3n) is 3.55. The van der Waals surface area contributed by atoms with Crippen molar-refractivity contribution in [1.82, 2.24) is 0 Å². The van der Waals surface area contributed by atoms with Gasteiger partial charge in [0.1, 0.15) is 0 Å². The third kappa shape index (κ3) is 11.7. The van der Waals surface area contributed by atoms with Crippen molar-refractivity contribution in [3.63, 3.8) is 0 Å². The fourth-order valence-electron chi connectivity index (χ4n) is 2.08. The number of allylic oxidation sites excluding steroid dienone is 2. The van der Waals surface area contributed by atoms with E-state index in [0.29, 0.717) is 19.4 Å². The van der Waals surface area contributed by atoms with E-state index >= 15 is 0 Å². The second kappa shape index (κ2) is 11.4. The van der Waals surface area contributed by atoms with Gasteiger partial charge in [0, 0.05) is 24.4 Å². The Morgan fingerprint density at radius 3 is 2.28 bits per heavy atom. The van der Waals surface area contributed by atoms with Gasteiger partial charge in [-0.1, -0.05) is 23.3 Å². The monoisotopic (exact) mass is 447 g/mol. The zero-order valence-corrected chi connectivity index (χ0v) is 17.6. The molecule has 0 aromatic heterocycles. The summed E-state index contributed by atoms with van der Waals surface area (Å²) in [5.41, 5.74) is 2.60. The zero-order valence-electron chi connectivity index (χ0n) is 15.8. The molecule has 0 amide bonds. The van der Waals surface area contributed by atoms with Crippen LogP contribution in [0.2, 0.25) is 0 Å². The average molecular weight is 447 g/mol. The molecule has 1 rings (SSSR count). The maximum Gasteiger partial charge on any atom is 0.272 e. The molecule has 1 unspecified atom stereocenters. The molecular weight excluding hydrogens is 426 g/mol. The zero-order chi connectivity index (χ0) is 22.1. The fourth-order valence-corrected chi connectivity index (χ4v) is 3.51. The topological polar surface area (TPSA) is 177 Å². The molecule has 1 atom stereocenters. The van der Waals surface area contributed by atoms with E-state index in [0.717, 1.165) is 16.8 Å². The minimum atomic E-state index is -5.68. The highest BCUT2D eigenvalue weighted by atomic mass is 31.3. The Kier molecular flexibility index (Phi) is 9.88. The van der Waals surface area contributed by atoms with Crippen LogP contribution in [0, 0.1) is 10.1 Å². The normalized spacial score (nSPS) is 15.1. The fraction of sp³-hybridized carbons (Fsp3) is 0.375. The van der Waals surface area contributed by atoms with E-state index < -0.39 is 27.2 Å². The number of rotatable bonds is 12. The number of benzene rings is 1. The lowest BCUT2D eigenvalue weighted by molar-refractivity contribution is -0.384. The molecule has 11 nitrogen and oxygen atoms in total. The Balaban J connectivity index is 2.37. The summed E-state index contributed by atoms with van der Waals surface area (Å²) in [4.78, 5) is 41.8. The van der Waals surface area contributed by atoms with Crippen LogP contribution >= 0.6 is 15.6 Å². The first-order valence-electron chi connectivity index (χ1n) is 8.36. The Labute approximate surface area is 168 Å². The van der Waals surface area contributed by atoms with E-state index in [-0.39, 0.29) is 5.69 Å². The molecule has 0 saturated carbocycles. The van der Waals surface area contributed by atoms with Crippen LogP contribution in [0.3, 0.4) is 0 Å². The number of nitro benzene ring substituents is 1. The van der Waals surface area contributed by atoms with Gasteiger partial charge in [0.25, 0.3) is 13.5 Å². The molecular formula is C16H21N2O9P2-3. The SMILES string of the molecule is C/C(=C\COP(=O)([O-])OP(=O)([O-])[O-])CC/C=C(\C)CNc1ccc([N+](=O)[O-])cc1. The minimum absolute atomic E-state index is 0.0176. The molecule has 0 aliphatic rings. The quantitative estimate of drug-likeness (QED) is 0.216. The number of nitro groups is 1. The van der Waals surface area contributed by atoms with Gasteiger partial charge < -0.3 is 29.1 Å². The predicted molar refractivity (Wildman–Crippen MR) is 101 cm³/mol. The number of non-ortho nitro benzene ring substituents is 1. The second-order valence-corrected chi connectivity index (χ2v) is 8.77. The van der Waals surface area contributed by atoms with Crippen molar-refractivity contribution >= 4 is 27.0 Å². The van der Waals surface area contributed by atoms with Gasteiger partial charge in [-0.3, -0.25) is 19.0 Å². The van der Waals surface area contributed by atoms with Gasteiger partial charge >= 0.3 is 0 Å². The van der Waals surface area contributed by atoms with Crippen molar-refractivity contribution in [3.8, 4) is 0 Å². The van der Waals surface area contributed by atoms with Crippen LogP contribution in [0.25, 0.3) is 0 Å². The van der Waals surface area contributed by atoms with Gasteiger partial charge in [-0.05, 0) is 38.8 Å². The molecule has 0 heterocycles. The summed E-state index contributed by atoms with van der Waals surface area (Å²) in [6.07, 6.45) is 4.68. The highest BCUT2D eigenvalue weighted by Crippen LogP contribution is 2.50. The number of nitrogens with one attached hydrogen (secondary N) is 1. The molecule has 0 spiro atoms. The van der Waals surface area contributed by atoms with E-state index in [1.165, 1.54) is 18.2 Å². The summed E-state index contributed by atoms with van der Waals surface area (Å²) in [6, 6.07) is 6.07. The lowest BCUT2D eigenvalue weighted by atomic mass is 10.1.